The van der Waals surface area contributed by atoms with E-state index in [0.717, 1.165) is 5.56 Å². The molecule has 0 fully saturated rings. The topological polar surface area (TPSA) is 35.2 Å². The van der Waals surface area contributed by atoms with Crippen molar-refractivity contribution >= 4 is 11.6 Å². The molecule has 2 aromatic rings. The normalized spacial score (nSPS) is 10.6. The summed E-state index contributed by atoms with van der Waals surface area (Å²) in [6, 6.07) is 9.09. The molecule has 0 bridgehead atoms. The highest BCUT2D eigenvalue weighted by atomic mass is 35.5. The Morgan fingerprint density at radius 1 is 1.10 bits per heavy atom. The first-order chi connectivity index (χ1) is 9.61. The van der Waals surface area contributed by atoms with E-state index in [9.17, 15) is 8.78 Å². The van der Waals surface area contributed by atoms with Gasteiger partial charge < -0.3 is 10.5 Å². The second-order valence-corrected chi connectivity index (χ2v) is 4.68. The van der Waals surface area contributed by atoms with E-state index in [-0.39, 0.29) is 17.4 Å². The molecule has 5 heteroatoms. The first-order valence-corrected chi connectivity index (χ1v) is 6.54. The van der Waals surface area contributed by atoms with Crippen molar-refractivity contribution < 1.29 is 13.5 Å². The molecule has 2 N–H and O–H groups in total. The molecule has 0 aliphatic carbocycles. The molecule has 2 aromatic carbocycles. The van der Waals surface area contributed by atoms with Crippen molar-refractivity contribution in [3.05, 3.63) is 64.2 Å². The number of halogens is 3. The third-order valence-electron chi connectivity index (χ3n) is 2.84. The Bertz CT molecular complexity index is 604. The van der Waals surface area contributed by atoms with Crippen LogP contribution in [0.4, 0.5) is 8.78 Å². The largest absolute Gasteiger partial charge is 0.486 e. The molecule has 0 amide bonds. The molecular formula is C15H14ClF2NO. The highest BCUT2D eigenvalue weighted by molar-refractivity contribution is 6.31. The van der Waals surface area contributed by atoms with Gasteiger partial charge in [0, 0.05) is 5.56 Å². The molecule has 0 saturated carbocycles. The van der Waals surface area contributed by atoms with E-state index in [2.05, 4.69) is 0 Å². The molecule has 0 saturated heterocycles. The summed E-state index contributed by atoms with van der Waals surface area (Å²) in [7, 11) is 0. The summed E-state index contributed by atoms with van der Waals surface area (Å²) in [6.45, 7) is 0.461. The lowest BCUT2D eigenvalue weighted by Gasteiger charge is -2.10. The van der Waals surface area contributed by atoms with Gasteiger partial charge in [0.2, 0.25) is 0 Å². The van der Waals surface area contributed by atoms with E-state index in [1.807, 2.05) is 0 Å². The average molecular weight is 298 g/mol. The Labute approximate surface area is 121 Å². The fraction of sp³-hybridized carbons (Fsp3) is 0.200. The Morgan fingerprint density at radius 2 is 1.90 bits per heavy atom. The summed E-state index contributed by atoms with van der Waals surface area (Å²) < 4.78 is 32.4. The van der Waals surface area contributed by atoms with Crippen LogP contribution in [0.5, 0.6) is 5.75 Å². The number of ether oxygens (including phenoxy) is 1. The highest BCUT2D eigenvalue weighted by Crippen LogP contribution is 2.23. The minimum atomic E-state index is -0.522. The molecule has 2 nitrogen and oxygen atoms in total. The van der Waals surface area contributed by atoms with Crippen LogP contribution in [0.2, 0.25) is 5.02 Å². The van der Waals surface area contributed by atoms with Crippen molar-refractivity contribution in [2.45, 2.75) is 13.0 Å². The van der Waals surface area contributed by atoms with Crippen LogP contribution in [-0.2, 0) is 13.0 Å². The minimum Gasteiger partial charge on any atom is -0.486 e. The Kier molecular flexibility index (Phi) is 4.93. The van der Waals surface area contributed by atoms with Crippen molar-refractivity contribution in [2.75, 3.05) is 6.54 Å². The quantitative estimate of drug-likeness (QED) is 0.913. The second kappa shape index (κ2) is 6.68. The maximum Gasteiger partial charge on any atom is 0.165 e. The van der Waals surface area contributed by atoms with Gasteiger partial charge in [-0.2, -0.15) is 0 Å². The van der Waals surface area contributed by atoms with Crippen LogP contribution in [0.15, 0.2) is 36.4 Å². The minimum absolute atomic E-state index is 0.00372. The van der Waals surface area contributed by atoms with Gasteiger partial charge in [0.15, 0.2) is 11.6 Å². The lowest BCUT2D eigenvalue weighted by molar-refractivity contribution is 0.289. The van der Waals surface area contributed by atoms with Crippen molar-refractivity contribution in [1.29, 1.82) is 0 Å². The molecule has 0 aliphatic heterocycles. The summed E-state index contributed by atoms with van der Waals surface area (Å²) in [5.74, 6) is -0.888. The lowest BCUT2D eigenvalue weighted by atomic mass is 10.1. The molecule has 0 spiro atoms. The fourth-order valence-corrected chi connectivity index (χ4v) is 1.98. The predicted octanol–water partition coefficient (Wildman–Crippen LogP) is 3.70. The van der Waals surface area contributed by atoms with Gasteiger partial charge >= 0.3 is 0 Å². The van der Waals surface area contributed by atoms with Crippen LogP contribution in [-0.4, -0.2) is 6.54 Å². The van der Waals surface area contributed by atoms with E-state index >= 15 is 0 Å². The Balaban J connectivity index is 2.09. The predicted molar refractivity (Wildman–Crippen MR) is 74.9 cm³/mol. The van der Waals surface area contributed by atoms with E-state index in [0.29, 0.717) is 18.5 Å². The molecular weight excluding hydrogens is 284 g/mol. The summed E-state index contributed by atoms with van der Waals surface area (Å²) in [6.07, 6.45) is 0.604. The molecule has 20 heavy (non-hydrogen) atoms. The smallest absolute Gasteiger partial charge is 0.165 e. The number of rotatable bonds is 5. The number of hydrogen-bond donors (Lipinski definition) is 1. The molecule has 0 heterocycles. The summed E-state index contributed by atoms with van der Waals surface area (Å²) in [5.41, 5.74) is 6.69. The van der Waals surface area contributed by atoms with Crippen LogP contribution >= 0.6 is 11.6 Å². The van der Waals surface area contributed by atoms with Gasteiger partial charge in [-0.15, -0.1) is 0 Å². The van der Waals surface area contributed by atoms with Gasteiger partial charge in [-0.1, -0.05) is 29.8 Å². The molecule has 0 atom stereocenters. The zero-order valence-electron chi connectivity index (χ0n) is 10.7. The zero-order valence-corrected chi connectivity index (χ0v) is 11.5. The van der Waals surface area contributed by atoms with Crippen molar-refractivity contribution in [1.82, 2.24) is 0 Å². The van der Waals surface area contributed by atoms with Gasteiger partial charge in [-0.05, 0) is 36.7 Å². The van der Waals surface area contributed by atoms with E-state index in [1.165, 1.54) is 24.3 Å². The Morgan fingerprint density at radius 3 is 2.60 bits per heavy atom. The molecule has 0 aliphatic rings. The second-order valence-electron chi connectivity index (χ2n) is 4.31. The third kappa shape index (κ3) is 3.46. The lowest BCUT2D eigenvalue weighted by Crippen LogP contribution is -2.04. The van der Waals surface area contributed by atoms with Crippen molar-refractivity contribution in [3.63, 3.8) is 0 Å². The van der Waals surface area contributed by atoms with Gasteiger partial charge in [0.25, 0.3) is 0 Å². The summed E-state index contributed by atoms with van der Waals surface area (Å²) in [5, 5.41) is -0.00680. The van der Waals surface area contributed by atoms with Crippen LogP contribution in [0.3, 0.4) is 0 Å². The SMILES string of the molecule is NCCc1ccc(OCc2cccc(F)c2Cl)c(F)c1. The summed E-state index contributed by atoms with van der Waals surface area (Å²) in [4.78, 5) is 0. The van der Waals surface area contributed by atoms with Gasteiger partial charge in [-0.3, -0.25) is 0 Å². The number of nitrogens with two attached hydrogens (primary N) is 1. The van der Waals surface area contributed by atoms with Crippen molar-refractivity contribution in [2.24, 2.45) is 5.73 Å². The number of benzene rings is 2. The summed E-state index contributed by atoms with van der Waals surface area (Å²) >= 11 is 5.80. The van der Waals surface area contributed by atoms with Gasteiger partial charge in [0.1, 0.15) is 12.4 Å². The standard InChI is InChI=1S/C15H14ClF2NO/c16-15-11(2-1-3-12(15)17)9-20-14-5-4-10(6-7-19)8-13(14)18/h1-5,8H,6-7,9,19H2. The maximum atomic E-state index is 13.8. The van der Waals surface area contributed by atoms with E-state index in [1.54, 1.807) is 12.1 Å². The van der Waals surface area contributed by atoms with E-state index < -0.39 is 11.6 Å². The van der Waals surface area contributed by atoms with Gasteiger partial charge in [-0.25, -0.2) is 8.78 Å². The van der Waals surface area contributed by atoms with Crippen molar-refractivity contribution in [3.8, 4) is 5.75 Å². The molecule has 0 aromatic heterocycles. The third-order valence-corrected chi connectivity index (χ3v) is 3.27. The van der Waals surface area contributed by atoms with E-state index in [4.69, 9.17) is 22.1 Å². The fourth-order valence-electron chi connectivity index (χ4n) is 1.80. The van der Waals surface area contributed by atoms with Crippen LogP contribution in [0, 0.1) is 11.6 Å². The highest BCUT2D eigenvalue weighted by Gasteiger charge is 2.09. The molecule has 0 radical (unpaired) electrons. The monoisotopic (exact) mass is 297 g/mol. The van der Waals surface area contributed by atoms with Crippen LogP contribution in [0.25, 0.3) is 0 Å². The van der Waals surface area contributed by atoms with Crippen LogP contribution < -0.4 is 10.5 Å². The van der Waals surface area contributed by atoms with Crippen LogP contribution in [0.1, 0.15) is 11.1 Å². The van der Waals surface area contributed by atoms with Gasteiger partial charge in [0.05, 0.1) is 5.02 Å². The Hall–Kier alpha value is -1.65. The first kappa shape index (κ1) is 14.8. The molecule has 2 rings (SSSR count). The molecule has 0 unspecified atom stereocenters. The molecule has 106 valence electrons. The zero-order chi connectivity index (χ0) is 14.5. The average Bonchev–Trinajstić information content (AvgIpc) is 2.42. The number of hydrogen-bond acceptors (Lipinski definition) is 2. The first-order valence-electron chi connectivity index (χ1n) is 6.16. The maximum absolute atomic E-state index is 13.8.